The maximum atomic E-state index is 11.2. The summed E-state index contributed by atoms with van der Waals surface area (Å²) in [6.07, 6.45) is 0. The van der Waals surface area contributed by atoms with Crippen molar-refractivity contribution in [3.05, 3.63) is 28.8 Å². The Balaban J connectivity index is 3.23. The van der Waals surface area contributed by atoms with E-state index in [0.29, 0.717) is 11.3 Å². The molecule has 0 radical (unpaired) electrons. The predicted molar refractivity (Wildman–Crippen MR) is 51.7 cm³/mol. The highest BCUT2D eigenvalue weighted by Gasteiger charge is 2.10. The molecule has 0 atom stereocenters. The van der Waals surface area contributed by atoms with Gasteiger partial charge in [-0.05, 0) is 31.0 Å². The number of hydrogen-bond donors (Lipinski definition) is 1. The Morgan fingerprint density at radius 3 is 2.46 bits per heavy atom. The smallest absolute Gasteiger partial charge is 0.338 e. The van der Waals surface area contributed by atoms with Crippen molar-refractivity contribution in [3.63, 3.8) is 0 Å². The van der Waals surface area contributed by atoms with Gasteiger partial charge in [-0.25, -0.2) is 4.79 Å². The van der Waals surface area contributed by atoms with E-state index >= 15 is 0 Å². The van der Waals surface area contributed by atoms with Gasteiger partial charge in [-0.3, -0.25) is 0 Å². The van der Waals surface area contributed by atoms with Gasteiger partial charge in [0.15, 0.2) is 0 Å². The first-order chi connectivity index (χ1) is 6.06. The van der Waals surface area contributed by atoms with Crippen LogP contribution in [0.4, 0.5) is 5.69 Å². The molecule has 0 amide bonds. The molecule has 0 spiro atoms. The molecule has 0 unspecified atom stereocenters. The van der Waals surface area contributed by atoms with Gasteiger partial charge in [0.05, 0.1) is 12.7 Å². The van der Waals surface area contributed by atoms with Crippen molar-refractivity contribution >= 4 is 11.7 Å². The van der Waals surface area contributed by atoms with Crippen LogP contribution in [-0.2, 0) is 4.74 Å². The van der Waals surface area contributed by atoms with E-state index in [2.05, 4.69) is 4.74 Å². The zero-order valence-electron chi connectivity index (χ0n) is 8.05. The first kappa shape index (κ1) is 9.58. The fraction of sp³-hybridized carbons (Fsp3) is 0.300. The summed E-state index contributed by atoms with van der Waals surface area (Å²) in [4.78, 5) is 11.2. The molecule has 1 aromatic rings. The molecular formula is C10H13NO2. The Bertz CT molecular complexity index is 345. The Morgan fingerprint density at radius 2 is 1.92 bits per heavy atom. The third kappa shape index (κ3) is 1.80. The second-order valence-corrected chi connectivity index (χ2v) is 3.02. The maximum absolute atomic E-state index is 11.2. The molecule has 0 aliphatic heterocycles. The lowest BCUT2D eigenvalue weighted by Gasteiger charge is -2.07. The molecule has 0 heterocycles. The summed E-state index contributed by atoms with van der Waals surface area (Å²) >= 11 is 0. The number of esters is 1. The largest absolute Gasteiger partial charge is 0.465 e. The Hall–Kier alpha value is -1.51. The van der Waals surface area contributed by atoms with E-state index in [4.69, 9.17) is 5.73 Å². The third-order valence-corrected chi connectivity index (χ3v) is 2.02. The van der Waals surface area contributed by atoms with E-state index < -0.39 is 0 Å². The molecule has 2 N–H and O–H groups in total. The number of carbonyl (C=O) groups excluding carboxylic acids is 1. The van der Waals surface area contributed by atoms with Crippen LogP contribution in [0.2, 0.25) is 0 Å². The predicted octanol–water partition coefficient (Wildman–Crippen LogP) is 1.67. The molecule has 1 aromatic carbocycles. The summed E-state index contributed by atoms with van der Waals surface area (Å²) in [7, 11) is 1.36. The molecule has 3 nitrogen and oxygen atoms in total. The van der Waals surface area contributed by atoms with Gasteiger partial charge in [0.2, 0.25) is 0 Å². The zero-order chi connectivity index (χ0) is 10.0. The highest BCUT2D eigenvalue weighted by Crippen LogP contribution is 2.18. The van der Waals surface area contributed by atoms with Crippen LogP contribution in [-0.4, -0.2) is 13.1 Å². The third-order valence-electron chi connectivity index (χ3n) is 2.02. The lowest BCUT2D eigenvalue weighted by atomic mass is 10.0. The van der Waals surface area contributed by atoms with E-state index in [9.17, 15) is 4.79 Å². The SMILES string of the molecule is COC(=O)c1cc(N)c(C)cc1C. The summed E-state index contributed by atoms with van der Waals surface area (Å²) in [5, 5.41) is 0. The minimum atomic E-state index is -0.343. The summed E-state index contributed by atoms with van der Waals surface area (Å²) in [5.41, 5.74) is 8.69. The first-order valence-electron chi connectivity index (χ1n) is 4.01. The van der Waals surface area contributed by atoms with Crippen molar-refractivity contribution in [1.29, 1.82) is 0 Å². The molecule has 0 aliphatic carbocycles. The van der Waals surface area contributed by atoms with Gasteiger partial charge in [0.1, 0.15) is 0 Å². The summed E-state index contributed by atoms with van der Waals surface area (Å²) < 4.78 is 4.62. The average Bonchev–Trinajstić information content (AvgIpc) is 2.10. The van der Waals surface area contributed by atoms with E-state index in [1.165, 1.54) is 7.11 Å². The number of methoxy groups -OCH3 is 1. The van der Waals surface area contributed by atoms with Gasteiger partial charge in [0.25, 0.3) is 0 Å². The number of hydrogen-bond acceptors (Lipinski definition) is 3. The standard InChI is InChI=1S/C10H13NO2/c1-6-4-7(2)9(11)5-8(6)10(12)13-3/h4-5H,11H2,1-3H3. The van der Waals surface area contributed by atoms with Crippen molar-refractivity contribution in [2.45, 2.75) is 13.8 Å². The fourth-order valence-electron chi connectivity index (χ4n) is 1.20. The van der Waals surface area contributed by atoms with Crippen molar-refractivity contribution < 1.29 is 9.53 Å². The lowest BCUT2D eigenvalue weighted by molar-refractivity contribution is 0.0600. The fourth-order valence-corrected chi connectivity index (χ4v) is 1.20. The Kier molecular flexibility index (Phi) is 2.56. The van der Waals surface area contributed by atoms with Gasteiger partial charge < -0.3 is 10.5 Å². The molecule has 0 bridgehead atoms. The molecular weight excluding hydrogens is 166 g/mol. The van der Waals surface area contributed by atoms with Crippen molar-refractivity contribution in [2.75, 3.05) is 12.8 Å². The second kappa shape index (κ2) is 3.47. The van der Waals surface area contributed by atoms with Crippen LogP contribution in [0.3, 0.4) is 0 Å². The minimum Gasteiger partial charge on any atom is -0.465 e. The number of ether oxygens (including phenoxy) is 1. The van der Waals surface area contributed by atoms with Crippen LogP contribution in [0, 0.1) is 13.8 Å². The Morgan fingerprint density at radius 1 is 1.31 bits per heavy atom. The first-order valence-corrected chi connectivity index (χ1v) is 4.01. The number of nitrogens with two attached hydrogens (primary N) is 1. The number of rotatable bonds is 1. The van der Waals surface area contributed by atoms with Gasteiger partial charge in [0, 0.05) is 5.69 Å². The number of nitrogen functional groups attached to an aromatic ring is 1. The van der Waals surface area contributed by atoms with Crippen molar-refractivity contribution in [3.8, 4) is 0 Å². The average molecular weight is 179 g/mol. The molecule has 1 rings (SSSR count). The Labute approximate surface area is 77.5 Å². The van der Waals surface area contributed by atoms with E-state index in [-0.39, 0.29) is 5.97 Å². The van der Waals surface area contributed by atoms with E-state index in [0.717, 1.165) is 11.1 Å². The van der Waals surface area contributed by atoms with Crippen molar-refractivity contribution in [1.82, 2.24) is 0 Å². The van der Waals surface area contributed by atoms with Crippen LogP contribution < -0.4 is 5.73 Å². The second-order valence-electron chi connectivity index (χ2n) is 3.02. The summed E-state index contributed by atoms with van der Waals surface area (Å²) in [6, 6.07) is 3.53. The topological polar surface area (TPSA) is 52.3 Å². The number of carbonyl (C=O) groups is 1. The number of aryl methyl sites for hydroxylation is 2. The van der Waals surface area contributed by atoms with Crippen LogP contribution in [0.25, 0.3) is 0 Å². The molecule has 0 saturated heterocycles. The molecule has 70 valence electrons. The van der Waals surface area contributed by atoms with Gasteiger partial charge in [-0.1, -0.05) is 6.07 Å². The summed E-state index contributed by atoms with van der Waals surface area (Å²) in [6.45, 7) is 3.77. The highest BCUT2D eigenvalue weighted by atomic mass is 16.5. The summed E-state index contributed by atoms with van der Waals surface area (Å²) in [5.74, 6) is -0.343. The highest BCUT2D eigenvalue weighted by molar-refractivity contribution is 5.92. The van der Waals surface area contributed by atoms with Crippen LogP contribution in [0.15, 0.2) is 12.1 Å². The molecule has 3 heteroatoms. The molecule has 13 heavy (non-hydrogen) atoms. The lowest BCUT2D eigenvalue weighted by Crippen LogP contribution is -2.05. The molecule has 0 fully saturated rings. The number of benzene rings is 1. The molecule has 0 aliphatic rings. The molecule has 0 aromatic heterocycles. The minimum absolute atomic E-state index is 0.343. The van der Waals surface area contributed by atoms with Gasteiger partial charge in [-0.15, -0.1) is 0 Å². The van der Waals surface area contributed by atoms with E-state index in [1.54, 1.807) is 6.07 Å². The number of anilines is 1. The van der Waals surface area contributed by atoms with Gasteiger partial charge in [-0.2, -0.15) is 0 Å². The zero-order valence-corrected chi connectivity index (χ0v) is 8.05. The molecule has 0 saturated carbocycles. The van der Waals surface area contributed by atoms with Crippen LogP contribution >= 0.6 is 0 Å². The van der Waals surface area contributed by atoms with Crippen molar-refractivity contribution in [2.24, 2.45) is 0 Å². The maximum Gasteiger partial charge on any atom is 0.338 e. The monoisotopic (exact) mass is 179 g/mol. The quantitative estimate of drug-likeness (QED) is 0.527. The van der Waals surface area contributed by atoms with Crippen LogP contribution in [0.5, 0.6) is 0 Å². The normalized spacial score (nSPS) is 9.77. The van der Waals surface area contributed by atoms with Crippen LogP contribution in [0.1, 0.15) is 21.5 Å². The van der Waals surface area contributed by atoms with Gasteiger partial charge >= 0.3 is 5.97 Å². The van der Waals surface area contributed by atoms with E-state index in [1.807, 2.05) is 19.9 Å².